The van der Waals surface area contributed by atoms with E-state index in [0.29, 0.717) is 50.4 Å². The fourth-order valence-electron chi connectivity index (χ4n) is 40.9. The normalized spacial score (nSPS) is 45.4. The van der Waals surface area contributed by atoms with Gasteiger partial charge in [-0.1, -0.05) is 247 Å². The van der Waals surface area contributed by atoms with Crippen molar-refractivity contribution in [2.75, 3.05) is 20.1 Å². The molecule has 0 heterocycles. The Morgan fingerprint density at radius 2 is 0.533 bits per heavy atom. The molecule has 21 heteroatoms. The van der Waals surface area contributed by atoms with Crippen LogP contribution in [0, 0.1) is 246 Å². The zero-order valence-corrected chi connectivity index (χ0v) is 96.7. The molecule has 28 atom stereocenters. The van der Waals surface area contributed by atoms with Gasteiger partial charge in [0, 0.05) is 80.6 Å². The van der Waals surface area contributed by atoms with Gasteiger partial charge < -0.3 is 16.0 Å². The van der Waals surface area contributed by atoms with Crippen LogP contribution in [0.5, 0.6) is 0 Å². The number of Topliss-reactive ketones (excluding diaryl/α,β-unsaturated/α-hetero) is 4. The number of allylic oxidation sites excluding steroid dienone is 16. The lowest BCUT2D eigenvalue weighted by atomic mass is 9.34. The molecule has 0 spiro atoms. The summed E-state index contributed by atoms with van der Waals surface area (Å²) in [5.74, 6) is -0.785. The molecule has 0 aromatic carbocycles. The third-order valence-corrected chi connectivity index (χ3v) is 50.2. The van der Waals surface area contributed by atoms with Crippen LogP contribution >= 0.6 is 0 Å². The van der Waals surface area contributed by atoms with Crippen molar-refractivity contribution in [1.82, 2.24) is 16.0 Å². The second kappa shape index (κ2) is 35.0. The van der Waals surface area contributed by atoms with E-state index in [1.54, 1.807) is 19.2 Å². The molecule has 150 heavy (non-hydrogen) atoms. The highest BCUT2D eigenvalue weighted by Crippen LogP contribution is 2.82. The first-order chi connectivity index (χ1) is 68.8. The first-order valence-electron chi connectivity index (χ1n) is 57.5. The summed E-state index contributed by atoms with van der Waals surface area (Å²) in [6.07, 6.45) is 35.1. The first kappa shape index (κ1) is 113. The maximum atomic E-state index is 14.5. The minimum absolute atomic E-state index is 0.0113. The van der Waals surface area contributed by atoms with Gasteiger partial charge in [0.15, 0.2) is 46.3 Å². The lowest BCUT2D eigenvalue weighted by Gasteiger charge is -2.69. The van der Waals surface area contributed by atoms with E-state index >= 15 is 0 Å². The van der Waals surface area contributed by atoms with Gasteiger partial charge in [-0.05, 0) is 329 Å². The predicted octanol–water partition coefficient (Wildman–Crippen LogP) is 26.4. The number of nitriles is 4. The quantitative estimate of drug-likeness (QED) is 0.230. The van der Waals surface area contributed by atoms with Crippen molar-refractivity contribution in [2.24, 2.45) is 201 Å². The molecule has 12 fully saturated rings. The van der Waals surface area contributed by atoms with Gasteiger partial charge in [0.05, 0.1) is 38.5 Å². The topological polar surface area (TPSA) is 319 Å². The van der Waals surface area contributed by atoms with E-state index < -0.39 is 94.9 Å². The molecule has 3 amide bonds. The second-order valence-electron chi connectivity index (χ2n) is 60.9. The molecule has 0 bridgehead atoms. The number of hydrogen-bond acceptors (Lipinski definition) is 15. The van der Waals surface area contributed by atoms with Gasteiger partial charge in [0.1, 0.15) is 30.8 Å². The minimum atomic E-state index is -4.51. The maximum absolute atomic E-state index is 14.5. The molecule has 4 unspecified atom stereocenters. The Hall–Kier alpha value is -8.56. The van der Waals surface area contributed by atoms with Crippen LogP contribution in [0.2, 0.25) is 0 Å². The molecule has 3 N–H and O–H groups in total. The lowest BCUT2D eigenvalue weighted by molar-refractivity contribution is -0.181. The maximum Gasteiger partial charge on any atom is 0.405 e. The van der Waals surface area contributed by atoms with Gasteiger partial charge in [-0.3, -0.25) is 52.7 Å². The number of carbonyl (C=O) groups is 11. The number of nitrogens with zero attached hydrogens (tertiary/aromatic N) is 4. The summed E-state index contributed by atoms with van der Waals surface area (Å²) in [5.41, 5.74) is -3.25. The van der Waals surface area contributed by atoms with Crippen LogP contribution in [-0.2, 0) is 52.7 Å². The molecule has 18 nitrogen and oxygen atoms in total. The average molecular weight is 2060 g/mol. The van der Waals surface area contributed by atoms with Gasteiger partial charge in [-0.25, -0.2) is 0 Å². The van der Waals surface area contributed by atoms with E-state index in [-0.39, 0.29) is 193 Å². The van der Waals surface area contributed by atoms with Crippen LogP contribution < -0.4 is 16.0 Å². The molecular weight excluding hydrogens is 1880 g/mol. The number of rotatable bonds is 5. The fraction of sp³-hybridized carbons (Fsp3) is 0.760. The van der Waals surface area contributed by atoms with E-state index in [1.807, 2.05) is 98.8 Å². The van der Waals surface area contributed by atoms with Gasteiger partial charge in [-0.15, -0.1) is 0 Å². The van der Waals surface area contributed by atoms with Crippen LogP contribution in [0.25, 0.3) is 0 Å². The molecule has 0 radical (unpaired) electrons. The van der Waals surface area contributed by atoms with Crippen LogP contribution in [0.3, 0.4) is 0 Å². The van der Waals surface area contributed by atoms with Gasteiger partial charge >= 0.3 is 6.18 Å². The van der Waals surface area contributed by atoms with Crippen molar-refractivity contribution in [3.8, 4) is 24.3 Å². The van der Waals surface area contributed by atoms with Gasteiger partial charge in [0.2, 0.25) is 17.7 Å². The Labute approximate surface area is 893 Å². The SMILES string of the molecule is CC1(C)CC[C@]2(C(=O)NCC(F)(F)F)CC[C@]3(C)[C@H](C(=O)C=C4[C@@]5(C)C=C(C#N)C(=O)C(C)(C)C5CC[C@]43C)[C@H]2C1.CC1(C)CC[C@]2(C)CC[C@]3(C)[C@H](C(=O)C=C4[C@@]5(C)C=C(C#N)C(=O)C(C)(C)C5CC[C@]43C)[C@H]2C1.CCNC(=O)[C@]12CCC(C)(C)C[C@@H]1[C@H]1C(=O)C=C3[C@@]4(C)C=C(C#N)C(=O)C(C)(C)C4CC[C@@]3(C)[C@]1(C)CC2.CNC(=O)[C@]12CCC(C)(C)C[C@@H]1[C@H]1C(=O)C=C3[C@@]4(C)C=C(C#N)C(=O)C(C)(C)C4CC[C@@]3(C)[C@]1(C)CC2. The first-order valence-corrected chi connectivity index (χ1v) is 57.5. The molecule has 12 saturated carbocycles. The van der Waals surface area contributed by atoms with Crippen LogP contribution in [0.15, 0.2) is 93.2 Å². The second-order valence-corrected chi connectivity index (χ2v) is 60.9. The molecule has 0 aromatic heterocycles. The van der Waals surface area contributed by atoms with Crippen LogP contribution in [0.1, 0.15) is 387 Å². The van der Waals surface area contributed by atoms with Crippen molar-refractivity contribution >= 4 is 64.0 Å². The molecular formula is C129H176F3N7O11. The molecule has 0 aliphatic heterocycles. The summed E-state index contributed by atoms with van der Waals surface area (Å²) in [6.45, 7) is 64.7. The largest absolute Gasteiger partial charge is 0.405 e. The predicted molar refractivity (Wildman–Crippen MR) is 573 cm³/mol. The minimum Gasteiger partial charge on any atom is -0.359 e. The third kappa shape index (κ3) is 15.4. The van der Waals surface area contributed by atoms with Gasteiger partial charge in [0.25, 0.3) is 0 Å². The number of ketones is 8. The van der Waals surface area contributed by atoms with Crippen molar-refractivity contribution < 1.29 is 65.9 Å². The molecule has 20 aliphatic carbocycles. The van der Waals surface area contributed by atoms with Crippen molar-refractivity contribution in [1.29, 1.82) is 21.0 Å². The zero-order valence-electron chi connectivity index (χ0n) is 96.7. The highest BCUT2D eigenvalue weighted by molar-refractivity contribution is 6.08. The van der Waals surface area contributed by atoms with Crippen molar-refractivity contribution in [3.05, 3.63) is 93.2 Å². The summed E-state index contributed by atoms with van der Waals surface area (Å²) in [4.78, 5) is 151. The van der Waals surface area contributed by atoms with Crippen LogP contribution in [-0.4, -0.2) is 90.3 Å². The molecule has 20 aliphatic rings. The molecule has 0 saturated heterocycles. The van der Waals surface area contributed by atoms with Crippen molar-refractivity contribution in [3.63, 3.8) is 0 Å². The van der Waals surface area contributed by atoms with Gasteiger partial charge in [-0.2, -0.15) is 34.2 Å². The summed E-state index contributed by atoms with van der Waals surface area (Å²) in [7, 11) is 1.73. The number of carbonyl (C=O) groups excluding carboxylic acids is 11. The summed E-state index contributed by atoms with van der Waals surface area (Å²) in [5, 5.41) is 47.8. The standard InChI is InChI=1S/C33H43F3N2O3.C33H46N2O3.C32H44N2O3.C31H43NO2/c1-27(2)10-12-32(26(41)38-18-33(34,35)36)13-11-31(7)24(20(32)16-27)21(39)14-23-29(5)15-19(17-37)25(40)28(3,4)22(29)8-9-30(23,31)6;1-9-35-27(38)33-14-12-28(2,3)18-21(33)25-22(36)16-24-30(6)17-20(19-34)26(37)29(4,5)23(30)10-11-31(24,7)32(25,8)13-15-33;1-27(2)11-13-32(26(37)34-8)14-12-31(7)24(20(32)17-27)21(35)15-23-29(5)16-19(18-33)25(36)28(3,4)22(29)9-10-30(23,31)6;1-26(2)11-12-28(5)13-14-31(8)24(20(28)17-26)21(33)15-23-29(6)16-19(18-32)25(34)27(3,4)22(29)9-10-30(23,31)7/h14-15,20,22,24H,8-13,16,18H2,1-7H3,(H,38,41);16-17,21,23,25H,9-15,18H2,1-8H3,(H,35,38);15-16,20,22,24H,9-14,17H2,1-8H3,(H,34,37);15-16,20,22,24H,9-14,17H2,1-8H3/t20-,22?,24+,29+,30-,31-,32+;21-,23?,25+,30+,31-,32-,33+;20-,22?,24+,29+,30-,31-,32+;20-,22?,24+,28-,29+,30-,31-/m1111/s1. The number of fused-ring (bicyclic) bond motifs is 28. The monoisotopic (exact) mass is 2060 g/mol. The van der Waals surface area contributed by atoms with Crippen molar-refractivity contribution in [2.45, 2.75) is 394 Å². The zero-order chi connectivity index (χ0) is 111. The van der Waals surface area contributed by atoms with E-state index in [4.69, 9.17) is 0 Å². The van der Waals surface area contributed by atoms with E-state index in [1.165, 1.54) is 24.8 Å². The molecule has 814 valence electrons. The lowest BCUT2D eigenvalue weighted by Crippen LogP contribution is -2.66. The summed E-state index contributed by atoms with van der Waals surface area (Å²) >= 11 is 0. The van der Waals surface area contributed by atoms with E-state index in [2.05, 4.69) is 186 Å². The highest BCUT2D eigenvalue weighted by Gasteiger charge is 2.78. The Bertz CT molecular complexity index is 6320. The Morgan fingerprint density at radius 3 is 0.780 bits per heavy atom. The Balaban J connectivity index is 0.000000136. The average Bonchev–Trinajstić information content (AvgIpc) is 0.677. The number of nitrogens with one attached hydrogen (secondary N) is 3. The van der Waals surface area contributed by atoms with E-state index in [0.717, 1.165) is 145 Å². The smallest absolute Gasteiger partial charge is 0.359 e. The molecule has 0 aromatic rings. The fourth-order valence-corrected chi connectivity index (χ4v) is 40.9. The Kier molecular flexibility index (Phi) is 26.2. The highest BCUT2D eigenvalue weighted by atomic mass is 19.4. The Morgan fingerprint density at radius 1 is 0.313 bits per heavy atom. The number of halogens is 3. The summed E-state index contributed by atoms with van der Waals surface area (Å²) < 4.78 is 39.4. The number of alkyl halides is 3. The third-order valence-electron chi connectivity index (χ3n) is 50.2. The number of hydrogen-bond donors (Lipinski definition) is 3. The number of amides is 3. The summed E-state index contributed by atoms with van der Waals surface area (Å²) in [6, 6.07) is 8.68. The van der Waals surface area contributed by atoms with Crippen LogP contribution in [0.4, 0.5) is 13.2 Å². The van der Waals surface area contributed by atoms with E-state index in [9.17, 15) is 87.0 Å². The molecule has 20 rings (SSSR count).